The van der Waals surface area contributed by atoms with Gasteiger partial charge in [-0.15, -0.1) is 0 Å². The Morgan fingerprint density at radius 2 is 1.47 bits per heavy atom. The number of benzene rings is 3. The number of H-pyrrole nitrogens is 2. The van der Waals surface area contributed by atoms with Crippen molar-refractivity contribution in [3.8, 4) is 6.07 Å². The van der Waals surface area contributed by atoms with Crippen molar-refractivity contribution in [3.63, 3.8) is 0 Å². The van der Waals surface area contributed by atoms with Crippen LogP contribution in [0.25, 0.3) is 21.8 Å². The van der Waals surface area contributed by atoms with Gasteiger partial charge in [-0.1, -0.05) is 36.4 Å². The minimum Gasteiger partial charge on any atom is -0.361 e. The third-order valence-electron chi connectivity index (χ3n) is 6.13. The molecule has 1 aliphatic rings. The number of aromatic nitrogens is 2. The molecule has 2 aromatic heterocycles. The van der Waals surface area contributed by atoms with Gasteiger partial charge in [-0.05, 0) is 30.3 Å². The summed E-state index contributed by atoms with van der Waals surface area (Å²) in [5.41, 5.74) is 4.82. The van der Waals surface area contributed by atoms with E-state index in [4.69, 9.17) is 0 Å². The Balaban J connectivity index is 1.79. The first-order valence-corrected chi connectivity index (χ1v) is 9.73. The molecular formula is C25H16N4O. The molecule has 5 nitrogen and oxygen atoms in total. The third-order valence-corrected chi connectivity index (χ3v) is 6.13. The van der Waals surface area contributed by atoms with Crippen molar-refractivity contribution in [2.45, 2.75) is 5.41 Å². The molecule has 1 amide bonds. The zero-order valence-corrected chi connectivity index (χ0v) is 15.9. The third kappa shape index (κ3) is 1.97. The van der Waals surface area contributed by atoms with Crippen molar-refractivity contribution in [2.75, 3.05) is 5.32 Å². The van der Waals surface area contributed by atoms with Crippen LogP contribution in [-0.4, -0.2) is 15.9 Å². The Bertz CT molecular complexity index is 1520. The molecule has 3 heterocycles. The fourth-order valence-electron chi connectivity index (χ4n) is 4.82. The first kappa shape index (κ1) is 16.6. The summed E-state index contributed by atoms with van der Waals surface area (Å²) in [7, 11) is 0. The molecule has 142 valence electrons. The van der Waals surface area contributed by atoms with Crippen LogP contribution in [0.1, 0.15) is 22.3 Å². The molecule has 0 fully saturated rings. The van der Waals surface area contributed by atoms with E-state index in [2.05, 4.69) is 21.4 Å². The lowest BCUT2D eigenvalue weighted by molar-refractivity contribution is -0.118. The smallest absolute Gasteiger partial charge is 0.244 e. The van der Waals surface area contributed by atoms with Gasteiger partial charge < -0.3 is 15.3 Å². The van der Waals surface area contributed by atoms with Gasteiger partial charge in [-0.2, -0.15) is 5.26 Å². The quantitative estimate of drug-likeness (QED) is 0.405. The number of fused-ring (bicyclic) bond motifs is 3. The number of carbonyl (C=O) groups excluding carboxylic acids is 1. The number of anilines is 1. The summed E-state index contributed by atoms with van der Waals surface area (Å²) >= 11 is 0. The van der Waals surface area contributed by atoms with E-state index in [1.165, 1.54) is 0 Å². The molecule has 3 N–H and O–H groups in total. The number of hydrogen-bond acceptors (Lipinski definition) is 2. The molecule has 0 aliphatic carbocycles. The molecule has 1 unspecified atom stereocenters. The van der Waals surface area contributed by atoms with E-state index in [1.807, 2.05) is 73.1 Å². The second-order valence-corrected chi connectivity index (χ2v) is 7.57. The maximum absolute atomic E-state index is 13.8. The van der Waals surface area contributed by atoms with Gasteiger partial charge in [0.25, 0.3) is 0 Å². The summed E-state index contributed by atoms with van der Waals surface area (Å²) in [5, 5.41) is 14.4. The van der Waals surface area contributed by atoms with Crippen molar-refractivity contribution >= 4 is 33.4 Å². The minimum atomic E-state index is -1.04. The first-order chi connectivity index (χ1) is 14.7. The van der Waals surface area contributed by atoms with Crippen LogP contribution in [0.5, 0.6) is 0 Å². The average Bonchev–Trinajstić information content (AvgIpc) is 3.47. The van der Waals surface area contributed by atoms with Crippen LogP contribution in [0, 0.1) is 11.3 Å². The highest BCUT2D eigenvalue weighted by Gasteiger charge is 2.52. The number of amides is 1. The van der Waals surface area contributed by atoms with Crippen LogP contribution in [0.2, 0.25) is 0 Å². The van der Waals surface area contributed by atoms with Gasteiger partial charge >= 0.3 is 0 Å². The van der Waals surface area contributed by atoms with E-state index in [9.17, 15) is 10.1 Å². The first-order valence-electron chi connectivity index (χ1n) is 9.73. The summed E-state index contributed by atoms with van der Waals surface area (Å²) in [6.45, 7) is 0. The largest absolute Gasteiger partial charge is 0.361 e. The molecule has 0 bridgehead atoms. The van der Waals surface area contributed by atoms with Crippen molar-refractivity contribution in [1.82, 2.24) is 9.97 Å². The highest BCUT2D eigenvalue weighted by Crippen LogP contribution is 2.51. The van der Waals surface area contributed by atoms with Gasteiger partial charge in [-0.25, -0.2) is 0 Å². The van der Waals surface area contributed by atoms with Gasteiger partial charge in [-0.3, -0.25) is 4.79 Å². The SMILES string of the molecule is N#Cc1ccc2[nH]cc(C3(c4c[nH]c5ccccc45)C(=O)Nc4ccccc43)c2c1. The maximum Gasteiger partial charge on any atom is 0.244 e. The molecular weight excluding hydrogens is 372 g/mol. The Kier molecular flexibility index (Phi) is 3.24. The van der Waals surface area contributed by atoms with Gasteiger partial charge in [0, 0.05) is 56.6 Å². The van der Waals surface area contributed by atoms with Crippen LogP contribution in [0.3, 0.4) is 0 Å². The molecule has 0 spiro atoms. The van der Waals surface area contributed by atoms with Crippen LogP contribution >= 0.6 is 0 Å². The molecule has 3 aromatic carbocycles. The monoisotopic (exact) mass is 388 g/mol. The van der Waals surface area contributed by atoms with E-state index in [1.54, 1.807) is 6.07 Å². The molecule has 5 aromatic rings. The number of nitriles is 1. The molecule has 30 heavy (non-hydrogen) atoms. The predicted molar refractivity (Wildman–Crippen MR) is 116 cm³/mol. The Morgan fingerprint density at radius 1 is 0.767 bits per heavy atom. The lowest BCUT2D eigenvalue weighted by Crippen LogP contribution is -2.36. The zero-order chi connectivity index (χ0) is 20.3. The summed E-state index contributed by atoms with van der Waals surface area (Å²) < 4.78 is 0. The molecule has 1 atom stereocenters. The highest BCUT2D eigenvalue weighted by molar-refractivity contribution is 6.15. The zero-order valence-electron chi connectivity index (χ0n) is 15.9. The number of aromatic amines is 2. The number of nitrogens with zero attached hydrogens (tertiary/aromatic N) is 1. The fraction of sp³-hybridized carbons (Fsp3) is 0.0400. The van der Waals surface area contributed by atoms with E-state index in [0.29, 0.717) is 5.56 Å². The molecule has 0 saturated carbocycles. The topological polar surface area (TPSA) is 84.5 Å². The van der Waals surface area contributed by atoms with Crippen molar-refractivity contribution in [2.24, 2.45) is 0 Å². The van der Waals surface area contributed by atoms with Gasteiger partial charge in [0.05, 0.1) is 11.6 Å². The van der Waals surface area contributed by atoms with Crippen molar-refractivity contribution in [3.05, 3.63) is 101 Å². The van der Waals surface area contributed by atoms with Crippen LogP contribution in [-0.2, 0) is 10.2 Å². The molecule has 0 radical (unpaired) electrons. The highest BCUT2D eigenvalue weighted by atomic mass is 16.2. The van der Waals surface area contributed by atoms with Gasteiger partial charge in [0.1, 0.15) is 5.41 Å². The van der Waals surface area contributed by atoms with Crippen molar-refractivity contribution in [1.29, 1.82) is 5.26 Å². The van der Waals surface area contributed by atoms with Crippen molar-refractivity contribution < 1.29 is 4.79 Å². The second kappa shape index (κ2) is 5.85. The lowest BCUT2D eigenvalue weighted by atomic mass is 9.70. The normalized spacial score (nSPS) is 17.8. The summed E-state index contributed by atoms with van der Waals surface area (Å²) in [4.78, 5) is 20.4. The second-order valence-electron chi connectivity index (χ2n) is 7.57. The Labute approximate surface area is 172 Å². The maximum atomic E-state index is 13.8. The van der Waals surface area contributed by atoms with Gasteiger partial charge in [0.2, 0.25) is 5.91 Å². The average molecular weight is 388 g/mol. The number of rotatable bonds is 2. The molecule has 0 saturated heterocycles. The minimum absolute atomic E-state index is 0.100. The standard InChI is InChI=1S/C25H16N4O/c26-12-15-9-10-22-17(11-15)20(14-28-22)25(18-6-2-4-8-23(18)29-24(25)30)19-13-27-21-7-3-1-5-16(19)21/h1-11,13-14,27-28H,(H,29,30). The number of nitrogens with one attached hydrogen (secondary N) is 3. The van der Waals surface area contributed by atoms with E-state index >= 15 is 0 Å². The number of hydrogen-bond donors (Lipinski definition) is 3. The molecule has 1 aliphatic heterocycles. The van der Waals surface area contributed by atoms with E-state index < -0.39 is 5.41 Å². The summed E-state index contributed by atoms with van der Waals surface area (Å²) in [6.07, 6.45) is 3.83. The van der Waals surface area contributed by atoms with Crippen LogP contribution in [0.15, 0.2) is 79.1 Å². The number of carbonyl (C=O) groups is 1. The lowest BCUT2D eigenvalue weighted by Gasteiger charge is -2.27. The van der Waals surface area contributed by atoms with Crippen LogP contribution < -0.4 is 5.32 Å². The van der Waals surface area contributed by atoms with Crippen LogP contribution in [0.4, 0.5) is 5.69 Å². The Hall–Kier alpha value is -4.30. The molecule has 6 rings (SSSR count). The van der Waals surface area contributed by atoms with E-state index in [0.717, 1.165) is 44.2 Å². The van der Waals surface area contributed by atoms with Gasteiger partial charge in [0.15, 0.2) is 0 Å². The Morgan fingerprint density at radius 3 is 2.30 bits per heavy atom. The summed E-state index contributed by atoms with van der Waals surface area (Å²) in [6, 6.07) is 23.5. The number of para-hydroxylation sites is 2. The summed E-state index contributed by atoms with van der Waals surface area (Å²) in [5.74, 6) is -0.100. The van der Waals surface area contributed by atoms with E-state index in [-0.39, 0.29) is 5.91 Å². The predicted octanol–water partition coefficient (Wildman–Crippen LogP) is 4.81. The fourth-order valence-corrected chi connectivity index (χ4v) is 4.82. The molecule has 5 heteroatoms.